The molecule has 0 bridgehead atoms. The van der Waals surface area contributed by atoms with Crippen LogP contribution in [0.15, 0.2) is 29.3 Å². The Morgan fingerprint density at radius 2 is 2.29 bits per heavy atom. The van der Waals surface area contributed by atoms with E-state index in [4.69, 9.17) is 5.73 Å². The maximum absolute atomic E-state index is 10.6. The zero-order valence-corrected chi connectivity index (χ0v) is 8.95. The van der Waals surface area contributed by atoms with Gasteiger partial charge in [-0.25, -0.2) is 0 Å². The summed E-state index contributed by atoms with van der Waals surface area (Å²) in [6.07, 6.45) is 2.17. The lowest BCUT2D eigenvalue weighted by Crippen LogP contribution is -2.00. The van der Waals surface area contributed by atoms with Gasteiger partial charge in [0.2, 0.25) is 0 Å². The average Bonchev–Trinajstić information content (AvgIpc) is 2.10. The number of anilines is 1. The maximum atomic E-state index is 10.6. The highest BCUT2D eigenvalue weighted by molar-refractivity contribution is 9.10. The van der Waals surface area contributed by atoms with Crippen molar-refractivity contribution in [2.75, 3.05) is 5.73 Å². The molecule has 0 atom stereocenters. The number of nitrogens with zero attached hydrogens (tertiary/aromatic N) is 1. The Morgan fingerprint density at radius 1 is 1.64 bits per heavy atom. The molecule has 0 heterocycles. The minimum Gasteiger partial charge on any atom is -0.393 e. The first-order valence-electron chi connectivity index (χ1n) is 3.89. The van der Waals surface area contributed by atoms with Crippen LogP contribution in [-0.2, 0) is 6.42 Å². The molecule has 74 valence electrons. The van der Waals surface area contributed by atoms with Gasteiger partial charge in [-0.1, -0.05) is 22.0 Å². The number of halogens is 1. The topological polar surface area (TPSA) is 69.2 Å². The lowest BCUT2D eigenvalue weighted by atomic mass is 10.1. The summed E-state index contributed by atoms with van der Waals surface area (Å²) in [5, 5.41) is 10.6. The van der Waals surface area contributed by atoms with Gasteiger partial charge in [0, 0.05) is 10.5 Å². The second-order valence-corrected chi connectivity index (χ2v) is 3.66. The van der Waals surface area contributed by atoms with Gasteiger partial charge in [0.15, 0.2) is 0 Å². The van der Waals surface area contributed by atoms with Gasteiger partial charge < -0.3 is 5.73 Å². The Kier molecular flexibility index (Phi) is 3.24. The van der Waals surface area contributed by atoms with E-state index in [0.717, 1.165) is 0 Å². The molecule has 1 rings (SSSR count). The fraction of sp³-hybridized carbons (Fsp3) is 0.111. The van der Waals surface area contributed by atoms with Crippen LogP contribution in [0.1, 0.15) is 5.56 Å². The molecule has 14 heavy (non-hydrogen) atoms. The Balaban J connectivity index is 3.31. The molecule has 5 heteroatoms. The van der Waals surface area contributed by atoms with Crippen LogP contribution in [0, 0.1) is 10.1 Å². The first kappa shape index (κ1) is 10.7. The fourth-order valence-electron chi connectivity index (χ4n) is 1.13. The molecule has 0 aliphatic rings. The van der Waals surface area contributed by atoms with Crippen LogP contribution in [0.3, 0.4) is 0 Å². The quantitative estimate of drug-likeness (QED) is 0.391. The number of nitrogen functional groups attached to an aromatic ring is 1. The lowest BCUT2D eigenvalue weighted by molar-refractivity contribution is -0.384. The van der Waals surface area contributed by atoms with Crippen LogP contribution >= 0.6 is 15.9 Å². The highest BCUT2D eigenvalue weighted by Gasteiger charge is 2.15. The smallest absolute Gasteiger partial charge is 0.293 e. The number of nitrogens with two attached hydrogens (primary N) is 1. The third-order valence-electron chi connectivity index (χ3n) is 1.77. The number of nitro benzene ring substituents is 1. The van der Waals surface area contributed by atoms with Gasteiger partial charge in [-0.3, -0.25) is 10.1 Å². The monoisotopic (exact) mass is 256 g/mol. The molecule has 0 unspecified atom stereocenters. The van der Waals surface area contributed by atoms with E-state index in [2.05, 4.69) is 22.5 Å². The van der Waals surface area contributed by atoms with Crippen molar-refractivity contribution in [3.63, 3.8) is 0 Å². The normalized spacial score (nSPS) is 9.79. The fourth-order valence-corrected chi connectivity index (χ4v) is 1.63. The largest absolute Gasteiger partial charge is 0.393 e. The zero-order chi connectivity index (χ0) is 10.7. The SMILES string of the molecule is C=CCc1cc(Br)cc([N+](=O)[O-])c1N. The molecule has 0 amide bonds. The second-order valence-electron chi connectivity index (χ2n) is 2.75. The van der Waals surface area contributed by atoms with Crippen LogP contribution in [-0.4, -0.2) is 4.92 Å². The molecule has 0 saturated carbocycles. The third kappa shape index (κ3) is 2.11. The first-order valence-corrected chi connectivity index (χ1v) is 4.68. The Morgan fingerprint density at radius 3 is 2.79 bits per heavy atom. The van der Waals surface area contributed by atoms with E-state index in [1.165, 1.54) is 6.07 Å². The van der Waals surface area contributed by atoms with Crippen molar-refractivity contribution < 1.29 is 4.92 Å². The van der Waals surface area contributed by atoms with E-state index in [1.807, 2.05) is 0 Å². The standard InChI is InChI=1S/C9H9BrN2O2/c1-2-3-6-4-7(10)5-8(9(6)11)12(13)14/h2,4-5H,1,3,11H2. The van der Waals surface area contributed by atoms with E-state index in [0.29, 0.717) is 16.5 Å². The van der Waals surface area contributed by atoms with Gasteiger partial charge in [-0.05, 0) is 18.1 Å². The number of hydrogen-bond acceptors (Lipinski definition) is 3. The predicted molar refractivity (Wildman–Crippen MR) is 59.1 cm³/mol. The van der Waals surface area contributed by atoms with E-state index < -0.39 is 4.92 Å². The summed E-state index contributed by atoms with van der Waals surface area (Å²) in [7, 11) is 0. The predicted octanol–water partition coefficient (Wildman–Crippen LogP) is 2.67. The first-order chi connectivity index (χ1) is 6.56. The van der Waals surface area contributed by atoms with Crippen molar-refractivity contribution in [3.8, 4) is 0 Å². The summed E-state index contributed by atoms with van der Waals surface area (Å²) in [6.45, 7) is 3.56. The van der Waals surface area contributed by atoms with Gasteiger partial charge in [-0.15, -0.1) is 6.58 Å². The summed E-state index contributed by atoms with van der Waals surface area (Å²) in [5.41, 5.74) is 6.47. The van der Waals surface area contributed by atoms with Crippen molar-refractivity contribution in [1.29, 1.82) is 0 Å². The Hall–Kier alpha value is -1.36. The zero-order valence-electron chi connectivity index (χ0n) is 7.37. The second kappa shape index (κ2) is 4.23. The van der Waals surface area contributed by atoms with Crippen molar-refractivity contribution in [2.45, 2.75) is 6.42 Å². The van der Waals surface area contributed by atoms with Gasteiger partial charge in [0.1, 0.15) is 5.69 Å². The Bertz CT molecular complexity index is 391. The van der Waals surface area contributed by atoms with Crippen LogP contribution in [0.5, 0.6) is 0 Å². The van der Waals surface area contributed by atoms with Gasteiger partial charge in [-0.2, -0.15) is 0 Å². The highest BCUT2D eigenvalue weighted by Crippen LogP contribution is 2.30. The van der Waals surface area contributed by atoms with Gasteiger partial charge in [0.25, 0.3) is 5.69 Å². The molecule has 0 aliphatic heterocycles. The number of rotatable bonds is 3. The van der Waals surface area contributed by atoms with Crippen LogP contribution in [0.2, 0.25) is 0 Å². The summed E-state index contributed by atoms with van der Waals surface area (Å²) < 4.78 is 0.648. The highest BCUT2D eigenvalue weighted by atomic mass is 79.9. The lowest BCUT2D eigenvalue weighted by Gasteiger charge is -2.04. The molecule has 0 aromatic heterocycles. The Labute approximate surface area is 89.7 Å². The molecule has 0 spiro atoms. The number of benzene rings is 1. The number of allylic oxidation sites excluding steroid dienone is 1. The molecule has 2 N–H and O–H groups in total. The molecular weight excluding hydrogens is 248 g/mol. The summed E-state index contributed by atoms with van der Waals surface area (Å²) in [4.78, 5) is 10.1. The number of nitro groups is 1. The van der Waals surface area contributed by atoms with E-state index >= 15 is 0 Å². The van der Waals surface area contributed by atoms with Gasteiger partial charge >= 0.3 is 0 Å². The minimum absolute atomic E-state index is 0.0729. The van der Waals surface area contributed by atoms with Crippen molar-refractivity contribution >= 4 is 27.3 Å². The molecule has 1 aromatic rings. The van der Waals surface area contributed by atoms with Crippen molar-refractivity contribution in [2.24, 2.45) is 0 Å². The number of hydrogen-bond donors (Lipinski definition) is 1. The molecule has 4 nitrogen and oxygen atoms in total. The maximum Gasteiger partial charge on any atom is 0.293 e. The summed E-state index contributed by atoms with van der Waals surface area (Å²) in [6, 6.07) is 3.14. The molecule has 0 saturated heterocycles. The van der Waals surface area contributed by atoms with Gasteiger partial charge in [0.05, 0.1) is 4.92 Å². The summed E-state index contributed by atoms with van der Waals surface area (Å²) >= 11 is 3.19. The average molecular weight is 257 g/mol. The molecule has 0 radical (unpaired) electrons. The van der Waals surface area contributed by atoms with Crippen LogP contribution in [0.25, 0.3) is 0 Å². The van der Waals surface area contributed by atoms with E-state index in [1.54, 1.807) is 12.1 Å². The summed E-state index contributed by atoms with van der Waals surface area (Å²) in [5.74, 6) is 0. The molecular formula is C9H9BrN2O2. The van der Waals surface area contributed by atoms with Crippen molar-refractivity contribution in [3.05, 3.63) is 44.9 Å². The molecule has 0 fully saturated rings. The van der Waals surface area contributed by atoms with Crippen molar-refractivity contribution in [1.82, 2.24) is 0 Å². The van der Waals surface area contributed by atoms with Crippen LogP contribution < -0.4 is 5.73 Å². The molecule has 0 aliphatic carbocycles. The minimum atomic E-state index is -0.493. The van der Waals surface area contributed by atoms with Crippen LogP contribution in [0.4, 0.5) is 11.4 Å². The van der Waals surface area contributed by atoms with E-state index in [9.17, 15) is 10.1 Å². The van der Waals surface area contributed by atoms with E-state index in [-0.39, 0.29) is 11.4 Å². The third-order valence-corrected chi connectivity index (χ3v) is 2.23. The molecule has 1 aromatic carbocycles.